The molecule has 0 bridgehead atoms. The molecule has 0 spiro atoms. The Balaban J connectivity index is 2.48. The van der Waals surface area contributed by atoms with Gasteiger partial charge in [-0.05, 0) is 19.1 Å². The van der Waals surface area contributed by atoms with Gasteiger partial charge >= 0.3 is 6.36 Å². The standard InChI is InChI=1S/C10H7F3O2/c1-6-2-3-8-7(4-6)9(5-14-8)15-10(11,12)13/h2-5H,1H3. The summed E-state index contributed by atoms with van der Waals surface area (Å²) in [4.78, 5) is 0. The highest BCUT2D eigenvalue weighted by Crippen LogP contribution is 2.32. The van der Waals surface area contributed by atoms with Crippen LogP contribution in [0.5, 0.6) is 5.75 Å². The van der Waals surface area contributed by atoms with Crippen LogP contribution in [0.2, 0.25) is 0 Å². The fraction of sp³-hybridized carbons (Fsp3) is 0.200. The number of benzene rings is 1. The summed E-state index contributed by atoms with van der Waals surface area (Å²) in [6.07, 6.45) is -3.74. The van der Waals surface area contributed by atoms with Crippen LogP contribution in [0.4, 0.5) is 13.2 Å². The van der Waals surface area contributed by atoms with Gasteiger partial charge in [-0.3, -0.25) is 0 Å². The fourth-order valence-corrected chi connectivity index (χ4v) is 1.32. The second-order valence-corrected chi connectivity index (χ2v) is 3.15. The summed E-state index contributed by atoms with van der Waals surface area (Å²) >= 11 is 0. The second kappa shape index (κ2) is 3.18. The average molecular weight is 216 g/mol. The lowest BCUT2D eigenvalue weighted by molar-refractivity contribution is -0.274. The molecule has 0 atom stereocenters. The van der Waals surface area contributed by atoms with E-state index in [4.69, 9.17) is 4.42 Å². The molecule has 80 valence electrons. The van der Waals surface area contributed by atoms with Crippen molar-refractivity contribution < 1.29 is 22.3 Å². The first kappa shape index (κ1) is 9.89. The highest BCUT2D eigenvalue weighted by molar-refractivity contribution is 5.84. The van der Waals surface area contributed by atoms with Crippen LogP contribution in [0.1, 0.15) is 5.56 Å². The Morgan fingerprint density at radius 1 is 1.27 bits per heavy atom. The summed E-state index contributed by atoms with van der Waals surface area (Å²) in [5.74, 6) is -0.304. The Hall–Kier alpha value is -1.65. The molecule has 0 unspecified atom stereocenters. The molecule has 1 aromatic heterocycles. The summed E-state index contributed by atoms with van der Waals surface area (Å²) in [5, 5.41) is 0.326. The zero-order valence-electron chi connectivity index (χ0n) is 7.76. The van der Waals surface area contributed by atoms with Gasteiger partial charge in [0.15, 0.2) is 5.75 Å². The molecular weight excluding hydrogens is 209 g/mol. The quantitative estimate of drug-likeness (QED) is 0.726. The molecule has 0 saturated heterocycles. The van der Waals surface area contributed by atoms with Crippen molar-refractivity contribution in [1.82, 2.24) is 0 Å². The van der Waals surface area contributed by atoms with Crippen LogP contribution < -0.4 is 4.74 Å². The lowest BCUT2D eigenvalue weighted by Crippen LogP contribution is -2.16. The van der Waals surface area contributed by atoms with Crippen LogP contribution in [-0.4, -0.2) is 6.36 Å². The van der Waals surface area contributed by atoms with Crippen LogP contribution in [-0.2, 0) is 0 Å². The van der Waals surface area contributed by atoms with Gasteiger partial charge in [0, 0.05) is 0 Å². The second-order valence-electron chi connectivity index (χ2n) is 3.15. The van der Waals surface area contributed by atoms with E-state index in [-0.39, 0.29) is 5.75 Å². The Morgan fingerprint density at radius 3 is 2.67 bits per heavy atom. The van der Waals surface area contributed by atoms with E-state index in [1.807, 2.05) is 0 Å². The van der Waals surface area contributed by atoms with Gasteiger partial charge in [0.2, 0.25) is 0 Å². The predicted octanol–water partition coefficient (Wildman–Crippen LogP) is 3.64. The van der Waals surface area contributed by atoms with E-state index in [9.17, 15) is 13.2 Å². The molecule has 1 heterocycles. The lowest BCUT2D eigenvalue weighted by atomic mass is 10.2. The minimum atomic E-state index is -4.69. The van der Waals surface area contributed by atoms with Crippen molar-refractivity contribution in [2.75, 3.05) is 0 Å². The predicted molar refractivity (Wildman–Crippen MR) is 47.6 cm³/mol. The van der Waals surface area contributed by atoms with Gasteiger partial charge < -0.3 is 9.15 Å². The molecule has 0 radical (unpaired) electrons. The molecule has 2 rings (SSSR count). The van der Waals surface area contributed by atoms with E-state index in [0.29, 0.717) is 11.0 Å². The van der Waals surface area contributed by atoms with Gasteiger partial charge in [-0.1, -0.05) is 11.6 Å². The van der Waals surface area contributed by atoms with Crippen molar-refractivity contribution in [3.05, 3.63) is 30.0 Å². The topological polar surface area (TPSA) is 22.4 Å². The third-order valence-corrected chi connectivity index (χ3v) is 1.92. The number of hydrogen-bond acceptors (Lipinski definition) is 2. The maximum absolute atomic E-state index is 12.0. The van der Waals surface area contributed by atoms with Crippen molar-refractivity contribution in [2.45, 2.75) is 13.3 Å². The van der Waals surface area contributed by atoms with Gasteiger partial charge in [-0.2, -0.15) is 0 Å². The smallest absolute Gasteiger partial charge is 0.460 e. The number of furan rings is 1. The third-order valence-electron chi connectivity index (χ3n) is 1.92. The highest BCUT2D eigenvalue weighted by atomic mass is 19.4. The van der Waals surface area contributed by atoms with Crippen molar-refractivity contribution >= 4 is 11.0 Å². The zero-order chi connectivity index (χ0) is 11.1. The van der Waals surface area contributed by atoms with E-state index in [0.717, 1.165) is 11.8 Å². The molecule has 0 aliphatic rings. The Morgan fingerprint density at radius 2 is 2.00 bits per heavy atom. The third kappa shape index (κ3) is 2.06. The Bertz CT molecular complexity index is 485. The molecule has 0 aliphatic heterocycles. The minimum Gasteiger partial charge on any atom is -0.460 e. The van der Waals surface area contributed by atoms with Crippen LogP contribution >= 0.6 is 0 Å². The summed E-state index contributed by atoms with van der Waals surface area (Å²) in [6.45, 7) is 1.78. The maximum atomic E-state index is 12.0. The summed E-state index contributed by atoms with van der Waals surface area (Å²) in [5.41, 5.74) is 1.22. The first-order chi connectivity index (χ1) is 6.96. The molecule has 0 saturated carbocycles. The minimum absolute atomic E-state index is 0.304. The summed E-state index contributed by atoms with van der Waals surface area (Å²) in [7, 11) is 0. The van der Waals surface area contributed by atoms with E-state index in [1.54, 1.807) is 25.1 Å². The number of aryl methyl sites for hydroxylation is 1. The Kier molecular flexibility index (Phi) is 2.10. The Labute approximate surface area is 83.2 Å². The van der Waals surface area contributed by atoms with Gasteiger partial charge in [0.25, 0.3) is 0 Å². The molecule has 1 aromatic carbocycles. The largest absolute Gasteiger partial charge is 0.573 e. The van der Waals surface area contributed by atoms with E-state index >= 15 is 0 Å². The summed E-state index contributed by atoms with van der Waals surface area (Å²) in [6, 6.07) is 4.94. The normalized spacial score (nSPS) is 12.0. The SMILES string of the molecule is Cc1ccc2occ(OC(F)(F)F)c2c1. The molecule has 0 amide bonds. The van der Waals surface area contributed by atoms with Gasteiger partial charge in [0.1, 0.15) is 11.8 Å². The highest BCUT2D eigenvalue weighted by Gasteiger charge is 2.32. The molecule has 2 aromatic rings. The van der Waals surface area contributed by atoms with Crippen molar-refractivity contribution in [1.29, 1.82) is 0 Å². The number of fused-ring (bicyclic) bond motifs is 1. The van der Waals surface area contributed by atoms with E-state index in [1.165, 1.54) is 0 Å². The first-order valence-corrected chi connectivity index (χ1v) is 4.19. The number of ether oxygens (including phenoxy) is 1. The number of alkyl halides is 3. The fourth-order valence-electron chi connectivity index (χ4n) is 1.32. The van der Waals surface area contributed by atoms with Crippen LogP contribution in [0, 0.1) is 6.92 Å². The van der Waals surface area contributed by atoms with Crippen molar-refractivity contribution in [2.24, 2.45) is 0 Å². The molecule has 0 N–H and O–H groups in total. The number of halogens is 3. The van der Waals surface area contributed by atoms with Crippen molar-refractivity contribution in [3.8, 4) is 5.75 Å². The molecule has 5 heteroatoms. The van der Waals surface area contributed by atoms with Gasteiger partial charge in [-0.15, -0.1) is 13.2 Å². The van der Waals surface area contributed by atoms with Crippen LogP contribution in [0.15, 0.2) is 28.9 Å². The van der Waals surface area contributed by atoms with E-state index in [2.05, 4.69) is 4.74 Å². The van der Waals surface area contributed by atoms with Crippen LogP contribution in [0.25, 0.3) is 11.0 Å². The summed E-state index contributed by atoms with van der Waals surface area (Å²) < 4.78 is 44.7. The maximum Gasteiger partial charge on any atom is 0.573 e. The van der Waals surface area contributed by atoms with Gasteiger partial charge in [0.05, 0.1) is 5.39 Å². The van der Waals surface area contributed by atoms with Crippen molar-refractivity contribution in [3.63, 3.8) is 0 Å². The molecule has 0 fully saturated rings. The number of hydrogen-bond donors (Lipinski definition) is 0. The zero-order valence-corrected chi connectivity index (χ0v) is 7.76. The van der Waals surface area contributed by atoms with E-state index < -0.39 is 6.36 Å². The molecule has 15 heavy (non-hydrogen) atoms. The molecular formula is C10H7F3O2. The molecule has 0 aliphatic carbocycles. The average Bonchev–Trinajstić information content (AvgIpc) is 2.46. The number of rotatable bonds is 1. The monoisotopic (exact) mass is 216 g/mol. The lowest BCUT2D eigenvalue weighted by Gasteiger charge is -2.06. The van der Waals surface area contributed by atoms with Crippen LogP contribution in [0.3, 0.4) is 0 Å². The first-order valence-electron chi connectivity index (χ1n) is 4.19. The molecule has 2 nitrogen and oxygen atoms in total. The van der Waals surface area contributed by atoms with Gasteiger partial charge in [-0.25, -0.2) is 0 Å².